The van der Waals surface area contributed by atoms with Crippen LogP contribution in [0.15, 0.2) is 12.7 Å². The van der Waals surface area contributed by atoms with Gasteiger partial charge in [0.25, 0.3) is 0 Å². The fourth-order valence-electron chi connectivity index (χ4n) is 1.30. The summed E-state index contributed by atoms with van der Waals surface area (Å²) in [5.74, 6) is 0. The molecule has 2 N–H and O–H groups in total. The lowest BCUT2D eigenvalue weighted by molar-refractivity contribution is 0.0958. The molecule has 0 saturated carbocycles. The van der Waals surface area contributed by atoms with Gasteiger partial charge in [0.05, 0.1) is 12.2 Å². The maximum absolute atomic E-state index is 9.44. The van der Waals surface area contributed by atoms with Gasteiger partial charge in [-0.25, -0.2) is 0 Å². The standard InChI is InChI=1S/C11H22O2/c1-3-5-6-7-8-11(13)9-10(12)4-2/h4,10-13H,2-3,5-9H2,1H3/t10?,11-/m0/s1. The van der Waals surface area contributed by atoms with E-state index in [4.69, 9.17) is 5.11 Å². The van der Waals surface area contributed by atoms with Crippen LogP contribution in [0.5, 0.6) is 0 Å². The molecule has 0 saturated heterocycles. The molecule has 0 aromatic carbocycles. The summed E-state index contributed by atoms with van der Waals surface area (Å²) in [7, 11) is 0. The number of hydrogen-bond acceptors (Lipinski definition) is 2. The third-order valence-corrected chi connectivity index (χ3v) is 2.18. The Bertz CT molecular complexity index is 123. The minimum absolute atomic E-state index is 0.371. The second kappa shape index (κ2) is 8.27. The van der Waals surface area contributed by atoms with Crippen molar-refractivity contribution in [3.8, 4) is 0 Å². The van der Waals surface area contributed by atoms with E-state index in [1.54, 1.807) is 0 Å². The van der Waals surface area contributed by atoms with Gasteiger partial charge in [-0.3, -0.25) is 0 Å². The lowest BCUT2D eigenvalue weighted by Gasteiger charge is -2.12. The summed E-state index contributed by atoms with van der Waals surface area (Å²) in [5, 5.41) is 18.6. The summed E-state index contributed by atoms with van der Waals surface area (Å²) in [6, 6.07) is 0. The van der Waals surface area contributed by atoms with E-state index in [0.717, 1.165) is 12.8 Å². The summed E-state index contributed by atoms with van der Waals surface area (Å²) >= 11 is 0. The number of hydrogen-bond donors (Lipinski definition) is 2. The molecule has 0 spiro atoms. The molecular weight excluding hydrogens is 164 g/mol. The molecular formula is C11H22O2. The first-order valence-corrected chi connectivity index (χ1v) is 5.19. The lowest BCUT2D eigenvalue weighted by atomic mass is 10.0. The number of aliphatic hydroxyl groups excluding tert-OH is 2. The molecule has 1 unspecified atom stereocenters. The lowest BCUT2D eigenvalue weighted by Crippen LogP contribution is -2.15. The topological polar surface area (TPSA) is 40.5 Å². The van der Waals surface area contributed by atoms with Crippen molar-refractivity contribution >= 4 is 0 Å². The minimum Gasteiger partial charge on any atom is -0.393 e. The highest BCUT2D eigenvalue weighted by Gasteiger charge is 2.07. The molecule has 0 rings (SSSR count). The molecule has 2 heteroatoms. The zero-order chi connectivity index (χ0) is 10.1. The largest absolute Gasteiger partial charge is 0.393 e. The average Bonchev–Trinajstić information content (AvgIpc) is 2.12. The number of aliphatic hydroxyl groups is 2. The summed E-state index contributed by atoms with van der Waals surface area (Å²) in [6.07, 6.45) is 6.44. The van der Waals surface area contributed by atoms with Crippen molar-refractivity contribution in [2.24, 2.45) is 0 Å². The SMILES string of the molecule is C=CC(O)C[C@@H](O)CCCCCC. The highest BCUT2D eigenvalue weighted by atomic mass is 16.3. The molecule has 0 aromatic heterocycles. The quantitative estimate of drug-likeness (QED) is 0.451. The van der Waals surface area contributed by atoms with Crippen LogP contribution in [0.2, 0.25) is 0 Å². The van der Waals surface area contributed by atoms with Gasteiger partial charge in [-0.2, -0.15) is 0 Å². The molecule has 0 radical (unpaired) electrons. The Morgan fingerprint density at radius 2 is 1.92 bits per heavy atom. The van der Waals surface area contributed by atoms with Crippen LogP contribution in [-0.4, -0.2) is 22.4 Å². The van der Waals surface area contributed by atoms with Gasteiger partial charge in [-0.1, -0.05) is 38.7 Å². The minimum atomic E-state index is -0.554. The first kappa shape index (κ1) is 12.7. The van der Waals surface area contributed by atoms with Crippen LogP contribution in [0.4, 0.5) is 0 Å². The molecule has 2 nitrogen and oxygen atoms in total. The van der Waals surface area contributed by atoms with E-state index in [-0.39, 0.29) is 6.10 Å². The Morgan fingerprint density at radius 1 is 1.23 bits per heavy atom. The molecule has 0 amide bonds. The maximum atomic E-state index is 9.44. The monoisotopic (exact) mass is 186 g/mol. The molecule has 0 aliphatic heterocycles. The van der Waals surface area contributed by atoms with Gasteiger partial charge in [0.15, 0.2) is 0 Å². The van der Waals surface area contributed by atoms with Crippen LogP contribution in [0.25, 0.3) is 0 Å². The Hall–Kier alpha value is -0.340. The van der Waals surface area contributed by atoms with Gasteiger partial charge in [0.1, 0.15) is 0 Å². The molecule has 0 aromatic rings. The predicted molar refractivity (Wildman–Crippen MR) is 55.6 cm³/mol. The highest BCUT2D eigenvalue weighted by Crippen LogP contribution is 2.09. The van der Waals surface area contributed by atoms with E-state index >= 15 is 0 Å². The molecule has 13 heavy (non-hydrogen) atoms. The molecule has 0 aliphatic carbocycles. The molecule has 0 heterocycles. The zero-order valence-electron chi connectivity index (χ0n) is 8.58. The normalized spacial score (nSPS) is 15.3. The third-order valence-electron chi connectivity index (χ3n) is 2.18. The zero-order valence-corrected chi connectivity index (χ0v) is 8.58. The van der Waals surface area contributed by atoms with E-state index < -0.39 is 6.10 Å². The first-order chi connectivity index (χ1) is 6.20. The van der Waals surface area contributed by atoms with E-state index in [2.05, 4.69) is 13.5 Å². The van der Waals surface area contributed by atoms with Crippen molar-refractivity contribution in [1.82, 2.24) is 0 Å². The fraction of sp³-hybridized carbons (Fsp3) is 0.818. The summed E-state index contributed by atoms with van der Waals surface area (Å²) in [4.78, 5) is 0. The van der Waals surface area contributed by atoms with E-state index in [9.17, 15) is 5.11 Å². The number of unbranched alkanes of at least 4 members (excludes halogenated alkanes) is 3. The van der Waals surface area contributed by atoms with Gasteiger partial charge < -0.3 is 10.2 Å². The Morgan fingerprint density at radius 3 is 2.46 bits per heavy atom. The van der Waals surface area contributed by atoms with E-state index in [0.29, 0.717) is 6.42 Å². The van der Waals surface area contributed by atoms with Gasteiger partial charge in [0, 0.05) is 6.42 Å². The van der Waals surface area contributed by atoms with Crippen molar-refractivity contribution in [2.75, 3.05) is 0 Å². The van der Waals surface area contributed by atoms with E-state index in [1.807, 2.05) is 0 Å². The second-order valence-corrected chi connectivity index (χ2v) is 3.54. The molecule has 2 atom stereocenters. The van der Waals surface area contributed by atoms with Crippen LogP contribution >= 0.6 is 0 Å². The Labute approximate surface area is 81.3 Å². The van der Waals surface area contributed by atoms with Crippen molar-refractivity contribution in [1.29, 1.82) is 0 Å². The smallest absolute Gasteiger partial charge is 0.0742 e. The second-order valence-electron chi connectivity index (χ2n) is 3.54. The van der Waals surface area contributed by atoms with Crippen molar-refractivity contribution in [3.63, 3.8) is 0 Å². The summed E-state index contributed by atoms with van der Waals surface area (Å²) in [5.41, 5.74) is 0. The first-order valence-electron chi connectivity index (χ1n) is 5.19. The summed E-state index contributed by atoms with van der Waals surface area (Å²) < 4.78 is 0. The van der Waals surface area contributed by atoms with Crippen LogP contribution < -0.4 is 0 Å². The third kappa shape index (κ3) is 8.00. The maximum Gasteiger partial charge on any atom is 0.0742 e. The van der Waals surface area contributed by atoms with Crippen LogP contribution in [0.3, 0.4) is 0 Å². The van der Waals surface area contributed by atoms with Gasteiger partial charge in [-0.15, -0.1) is 6.58 Å². The fourth-order valence-corrected chi connectivity index (χ4v) is 1.30. The van der Waals surface area contributed by atoms with Gasteiger partial charge >= 0.3 is 0 Å². The molecule has 78 valence electrons. The van der Waals surface area contributed by atoms with Crippen LogP contribution in [0, 0.1) is 0 Å². The Kier molecular flexibility index (Phi) is 8.05. The summed E-state index contributed by atoms with van der Waals surface area (Å²) in [6.45, 7) is 5.63. The van der Waals surface area contributed by atoms with E-state index in [1.165, 1.54) is 25.3 Å². The van der Waals surface area contributed by atoms with Crippen molar-refractivity contribution in [2.45, 2.75) is 57.7 Å². The molecule has 0 aliphatic rings. The predicted octanol–water partition coefficient (Wildman–Crippen LogP) is 2.25. The average molecular weight is 186 g/mol. The van der Waals surface area contributed by atoms with Gasteiger partial charge in [0.2, 0.25) is 0 Å². The molecule has 0 fully saturated rings. The van der Waals surface area contributed by atoms with Crippen LogP contribution in [-0.2, 0) is 0 Å². The number of rotatable bonds is 8. The highest BCUT2D eigenvalue weighted by molar-refractivity contribution is 4.80. The van der Waals surface area contributed by atoms with Gasteiger partial charge in [-0.05, 0) is 6.42 Å². The van der Waals surface area contributed by atoms with Crippen molar-refractivity contribution in [3.05, 3.63) is 12.7 Å². The Balaban J connectivity index is 3.29. The van der Waals surface area contributed by atoms with Crippen molar-refractivity contribution < 1.29 is 10.2 Å². The molecule has 0 bridgehead atoms. The van der Waals surface area contributed by atoms with Crippen LogP contribution in [0.1, 0.15) is 45.4 Å².